The molecule has 0 radical (unpaired) electrons. The topological polar surface area (TPSA) is 239 Å². The first-order valence-electron chi connectivity index (χ1n) is 4.76. The zero-order valence-corrected chi connectivity index (χ0v) is 11.8. The van der Waals surface area contributed by atoms with Crippen LogP contribution in [0.4, 0.5) is 0 Å². The maximum atomic E-state index is 10.1. The van der Waals surface area contributed by atoms with Gasteiger partial charge in [-0.25, -0.2) is 0 Å². The van der Waals surface area contributed by atoms with E-state index in [1.54, 1.807) is 0 Å². The fraction of sp³-hybridized carbons (Fsp3) is 0.833. The van der Waals surface area contributed by atoms with Crippen LogP contribution >= 0.6 is 0 Å². The lowest BCUT2D eigenvalue weighted by molar-refractivity contribution is -0.138. The van der Waals surface area contributed by atoms with Crippen molar-refractivity contribution in [3.05, 3.63) is 0 Å². The minimum Gasteiger partial charge on any atom is -0.480 e. The Labute approximate surface area is 115 Å². The normalized spacial score (nSPS) is 12.3. The van der Waals surface area contributed by atoms with E-state index in [0.717, 1.165) is 12.8 Å². The standard InChI is InChI=1S/C6H14N2O2.2H2O4S/c7-4-2-1-3-5(8)6(9)10;2*1-5(2,3)4/h5H,1-4,7-8H2,(H,9,10);2*(H2,1,2,3,4)/t5-;;/m0../s1. The Morgan fingerprint density at radius 2 is 1.25 bits per heavy atom. The summed E-state index contributed by atoms with van der Waals surface area (Å²) >= 11 is 0. The van der Waals surface area contributed by atoms with E-state index >= 15 is 0 Å². The maximum absolute atomic E-state index is 10.1. The predicted molar refractivity (Wildman–Crippen MR) is 66.9 cm³/mol. The summed E-state index contributed by atoms with van der Waals surface area (Å²) in [6.07, 6.45) is 2.16. The molecule has 9 N–H and O–H groups in total. The van der Waals surface area contributed by atoms with Gasteiger partial charge in [-0.2, -0.15) is 16.8 Å². The Hall–Kier alpha value is -0.870. The van der Waals surface area contributed by atoms with E-state index in [9.17, 15) is 4.79 Å². The molecule has 14 heteroatoms. The third-order valence-corrected chi connectivity index (χ3v) is 1.29. The van der Waals surface area contributed by atoms with Gasteiger partial charge in [0.25, 0.3) is 0 Å². The summed E-state index contributed by atoms with van der Waals surface area (Å²) in [7, 11) is -9.33. The Balaban J connectivity index is -0.000000244. The molecule has 0 rings (SSSR count). The van der Waals surface area contributed by atoms with Crippen LogP contribution in [0.25, 0.3) is 0 Å². The number of aliphatic carboxylic acids is 1. The first kappa shape index (κ1) is 24.2. The molecule has 0 amide bonds. The highest BCUT2D eigenvalue weighted by Crippen LogP contribution is 1.96. The van der Waals surface area contributed by atoms with Gasteiger partial charge in [0, 0.05) is 0 Å². The molecule has 12 nitrogen and oxygen atoms in total. The summed E-state index contributed by atoms with van der Waals surface area (Å²) in [6.45, 7) is 0.604. The monoisotopic (exact) mass is 342 g/mol. The van der Waals surface area contributed by atoms with E-state index in [1.165, 1.54) is 0 Å². The van der Waals surface area contributed by atoms with Gasteiger partial charge in [-0.15, -0.1) is 0 Å². The molecule has 0 aromatic carbocycles. The molecule has 0 aromatic heterocycles. The number of carboxylic acid groups (broad SMARTS) is 1. The van der Waals surface area contributed by atoms with Crippen LogP contribution in [0.15, 0.2) is 0 Å². The second kappa shape index (κ2) is 11.9. The van der Waals surface area contributed by atoms with Crippen molar-refractivity contribution in [3.63, 3.8) is 0 Å². The summed E-state index contributed by atoms with van der Waals surface area (Å²) in [4.78, 5) is 10.1. The van der Waals surface area contributed by atoms with Gasteiger partial charge < -0.3 is 16.6 Å². The van der Waals surface area contributed by atoms with E-state index in [0.29, 0.717) is 13.0 Å². The Kier molecular flexibility index (Phi) is 14.4. The second-order valence-corrected chi connectivity index (χ2v) is 4.92. The highest BCUT2D eigenvalue weighted by Gasteiger charge is 2.09. The van der Waals surface area contributed by atoms with Gasteiger partial charge in [-0.1, -0.05) is 6.42 Å². The number of hydrogen-bond donors (Lipinski definition) is 7. The van der Waals surface area contributed by atoms with E-state index in [4.69, 9.17) is 51.6 Å². The van der Waals surface area contributed by atoms with Gasteiger partial charge in [0.2, 0.25) is 0 Å². The average Bonchev–Trinajstić information content (AvgIpc) is 2.12. The largest absolute Gasteiger partial charge is 0.480 e. The van der Waals surface area contributed by atoms with Crippen molar-refractivity contribution in [2.45, 2.75) is 25.3 Å². The Morgan fingerprint density at radius 1 is 0.950 bits per heavy atom. The zero-order chi connectivity index (χ0) is 17.0. The van der Waals surface area contributed by atoms with Crippen LogP contribution in [-0.2, 0) is 25.6 Å². The molecule has 20 heavy (non-hydrogen) atoms. The van der Waals surface area contributed by atoms with Crippen molar-refractivity contribution in [1.29, 1.82) is 0 Å². The molecule has 1 atom stereocenters. The molecule has 0 bridgehead atoms. The van der Waals surface area contributed by atoms with Crippen molar-refractivity contribution >= 4 is 26.8 Å². The van der Waals surface area contributed by atoms with E-state index in [-0.39, 0.29) is 0 Å². The molecular weight excluding hydrogens is 324 g/mol. The molecule has 0 fully saturated rings. The molecular formula is C6H18N2O10S2. The van der Waals surface area contributed by atoms with Gasteiger partial charge in [-0.3, -0.25) is 23.0 Å². The molecule has 0 saturated carbocycles. The summed E-state index contributed by atoms with van der Waals surface area (Å²) in [5, 5.41) is 8.33. The van der Waals surface area contributed by atoms with Crippen LogP contribution in [0.2, 0.25) is 0 Å². The highest BCUT2D eigenvalue weighted by molar-refractivity contribution is 7.80. The number of nitrogens with two attached hydrogens (primary N) is 2. The SMILES string of the molecule is NCCCC[C@H](N)C(=O)O.O=S(=O)(O)O.O=S(=O)(O)O. The lowest BCUT2D eigenvalue weighted by Gasteiger charge is -2.03. The van der Waals surface area contributed by atoms with E-state index < -0.39 is 32.8 Å². The van der Waals surface area contributed by atoms with Crippen LogP contribution in [0, 0.1) is 0 Å². The summed E-state index contributed by atoms with van der Waals surface area (Å²) < 4.78 is 63.2. The van der Waals surface area contributed by atoms with Gasteiger partial charge in [0.05, 0.1) is 0 Å². The molecule has 0 aliphatic rings. The molecule has 0 spiro atoms. The summed E-state index contributed by atoms with van der Waals surface area (Å²) in [5.41, 5.74) is 10.4. The fourth-order valence-electron chi connectivity index (χ4n) is 0.632. The third-order valence-electron chi connectivity index (χ3n) is 1.29. The number of unbranched alkanes of at least 4 members (excludes halogenated alkanes) is 1. The van der Waals surface area contributed by atoms with Crippen molar-refractivity contribution in [3.8, 4) is 0 Å². The molecule has 0 aromatic rings. The van der Waals surface area contributed by atoms with Crippen molar-refractivity contribution < 1.29 is 44.9 Å². The molecule has 0 unspecified atom stereocenters. The minimum absolute atomic E-state index is 0.520. The van der Waals surface area contributed by atoms with Gasteiger partial charge in [-0.05, 0) is 19.4 Å². The first-order valence-corrected chi connectivity index (χ1v) is 7.56. The van der Waals surface area contributed by atoms with Gasteiger partial charge >= 0.3 is 26.8 Å². The maximum Gasteiger partial charge on any atom is 0.394 e. The smallest absolute Gasteiger partial charge is 0.394 e. The number of carbonyl (C=O) groups is 1. The number of rotatable bonds is 5. The number of carboxylic acids is 1. The van der Waals surface area contributed by atoms with Crippen molar-refractivity contribution in [2.24, 2.45) is 11.5 Å². The molecule has 124 valence electrons. The summed E-state index contributed by atoms with van der Waals surface area (Å²) in [5.74, 6) is -0.933. The first-order chi connectivity index (χ1) is 8.68. The zero-order valence-electron chi connectivity index (χ0n) is 10.2. The quantitative estimate of drug-likeness (QED) is 0.217. The van der Waals surface area contributed by atoms with Gasteiger partial charge in [0.15, 0.2) is 0 Å². The Morgan fingerprint density at radius 3 is 1.45 bits per heavy atom. The van der Waals surface area contributed by atoms with Crippen LogP contribution in [0.5, 0.6) is 0 Å². The fourth-order valence-corrected chi connectivity index (χ4v) is 0.632. The minimum atomic E-state index is -4.67. The molecule has 0 aliphatic carbocycles. The molecule has 0 aliphatic heterocycles. The van der Waals surface area contributed by atoms with Crippen LogP contribution in [0.3, 0.4) is 0 Å². The Bertz CT molecular complexity index is 398. The third kappa shape index (κ3) is 67.4. The summed E-state index contributed by atoms with van der Waals surface area (Å²) in [6, 6.07) is -0.716. The van der Waals surface area contributed by atoms with Gasteiger partial charge in [0.1, 0.15) is 6.04 Å². The van der Waals surface area contributed by atoms with Crippen LogP contribution in [0.1, 0.15) is 19.3 Å². The molecule has 0 saturated heterocycles. The number of hydrogen-bond acceptors (Lipinski definition) is 7. The predicted octanol–water partition coefficient (Wildman–Crippen LogP) is -1.78. The van der Waals surface area contributed by atoms with E-state index in [1.807, 2.05) is 0 Å². The highest BCUT2D eigenvalue weighted by atomic mass is 32.3. The van der Waals surface area contributed by atoms with Crippen molar-refractivity contribution in [1.82, 2.24) is 0 Å². The van der Waals surface area contributed by atoms with Crippen LogP contribution < -0.4 is 11.5 Å². The lowest BCUT2D eigenvalue weighted by atomic mass is 10.1. The van der Waals surface area contributed by atoms with Crippen molar-refractivity contribution in [2.75, 3.05) is 6.54 Å². The lowest BCUT2D eigenvalue weighted by Crippen LogP contribution is -2.29. The van der Waals surface area contributed by atoms with E-state index in [2.05, 4.69) is 0 Å². The second-order valence-electron chi connectivity index (χ2n) is 3.12. The average molecular weight is 342 g/mol. The molecule has 0 heterocycles. The van der Waals surface area contributed by atoms with Crippen LogP contribution in [-0.4, -0.2) is 58.7 Å².